The maximum atomic E-state index is 11.8. The molecule has 1 aliphatic rings. The molecule has 104 valence electrons. The van der Waals surface area contributed by atoms with Gasteiger partial charge in [0.05, 0.1) is 22.3 Å². The molecule has 0 aromatic heterocycles. The van der Waals surface area contributed by atoms with Crippen LogP contribution in [0.1, 0.15) is 6.92 Å². The van der Waals surface area contributed by atoms with Crippen LogP contribution in [0.5, 0.6) is 0 Å². The molecule has 0 aliphatic carbocycles. The van der Waals surface area contributed by atoms with Crippen molar-refractivity contribution in [3.05, 3.63) is 24.3 Å². The second kappa shape index (κ2) is 4.46. The summed E-state index contributed by atoms with van der Waals surface area (Å²) in [5.41, 5.74) is 0.110. The molecule has 9 heteroatoms. The lowest BCUT2D eigenvalue weighted by Crippen LogP contribution is -2.30. The van der Waals surface area contributed by atoms with Crippen molar-refractivity contribution in [3.8, 4) is 0 Å². The molecule has 1 aliphatic heterocycles. The zero-order valence-electron chi connectivity index (χ0n) is 9.78. The van der Waals surface area contributed by atoms with E-state index in [0.29, 0.717) is 4.31 Å². The number of nitrogens with zero attached hydrogens (tertiary/aromatic N) is 1. The molecule has 0 radical (unpaired) electrons. The first-order valence-electron chi connectivity index (χ1n) is 5.24. The first-order valence-corrected chi connectivity index (χ1v) is 9.16. The van der Waals surface area contributed by atoms with Crippen molar-refractivity contribution in [1.82, 2.24) is 0 Å². The van der Waals surface area contributed by atoms with E-state index in [1.54, 1.807) is 0 Å². The number of benzene rings is 1. The fourth-order valence-corrected chi connectivity index (χ4v) is 4.42. The van der Waals surface area contributed by atoms with Gasteiger partial charge in [0.25, 0.3) is 9.05 Å². The van der Waals surface area contributed by atoms with Crippen molar-refractivity contribution in [2.45, 2.75) is 11.8 Å². The van der Waals surface area contributed by atoms with Crippen molar-refractivity contribution in [2.75, 3.05) is 10.1 Å². The quantitative estimate of drug-likeness (QED) is 0.755. The summed E-state index contributed by atoms with van der Waals surface area (Å²) in [6.07, 6.45) is 0. The molecule has 1 fully saturated rings. The summed E-state index contributed by atoms with van der Waals surface area (Å²) in [4.78, 5) is 11.6. The molecule has 1 unspecified atom stereocenters. The van der Waals surface area contributed by atoms with Gasteiger partial charge in [-0.2, -0.15) is 0 Å². The fraction of sp³-hybridized carbons (Fsp3) is 0.300. The van der Waals surface area contributed by atoms with E-state index in [4.69, 9.17) is 10.7 Å². The number of carbonyl (C=O) groups is 1. The van der Waals surface area contributed by atoms with Gasteiger partial charge in [0.1, 0.15) is 0 Å². The molecule has 1 amide bonds. The largest absolute Gasteiger partial charge is 0.273 e. The van der Waals surface area contributed by atoms with Crippen LogP contribution in [0.25, 0.3) is 0 Å². The predicted molar refractivity (Wildman–Crippen MR) is 69.9 cm³/mol. The fourth-order valence-electron chi connectivity index (χ4n) is 1.83. The van der Waals surface area contributed by atoms with Gasteiger partial charge in [0.15, 0.2) is 0 Å². The topological polar surface area (TPSA) is 88.6 Å². The van der Waals surface area contributed by atoms with Crippen LogP contribution in [-0.2, 0) is 23.9 Å². The molecule has 1 aromatic carbocycles. The van der Waals surface area contributed by atoms with Crippen LogP contribution in [0.4, 0.5) is 5.69 Å². The number of halogens is 1. The van der Waals surface area contributed by atoms with Crippen LogP contribution >= 0.6 is 10.7 Å². The van der Waals surface area contributed by atoms with E-state index >= 15 is 0 Å². The minimum Gasteiger partial charge on any atom is -0.273 e. The normalized spacial score (nSPS) is 22.7. The van der Waals surface area contributed by atoms with Crippen molar-refractivity contribution in [3.63, 3.8) is 0 Å². The number of hydrogen-bond acceptors (Lipinski definition) is 5. The van der Waals surface area contributed by atoms with Crippen molar-refractivity contribution in [1.29, 1.82) is 0 Å². The van der Waals surface area contributed by atoms with Gasteiger partial charge in [-0.3, -0.25) is 4.79 Å². The smallest absolute Gasteiger partial charge is 0.261 e. The predicted octanol–water partition coefficient (Wildman–Crippen LogP) is 0.927. The van der Waals surface area contributed by atoms with Crippen molar-refractivity contribution in [2.24, 2.45) is 5.92 Å². The summed E-state index contributed by atoms with van der Waals surface area (Å²) in [5.74, 6) is -1.38. The standard InChI is InChI=1S/C10H10ClNO5S2/c1-7-6-18(14,15)12(10(7)13)8-2-4-9(5-3-8)19(11,16)17/h2-5,7H,6H2,1H3. The van der Waals surface area contributed by atoms with Crippen LogP contribution in [0.2, 0.25) is 0 Å². The zero-order chi connectivity index (χ0) is 14.4. The van der Waals surface area contributed by atoms with E-state index in [0.717, 1.165) is 12.1 Å². The first-order chi connectivity index (χ1) is 8.63. The third-order valence-corrected chi connectivity index (χ3v) is 5.95. The first kappa shape index (κ1) is 14.3. The molecular formula is C10H10ClNO5S2. The van der Waals surface area contributed by atoms with E-state index in [-0.39, 0.29) is 16.3 Å². The third-order valence-electron chi connectivity index (χ3n) is 2.71. The van der Waals surface area contributed by atoms with E-state index in [1.807, 2.05) is 0 Å². The van der Waals surface area contributed by atoms with Crippen LogP contribution < -0.4 is 4.31 Å². The summed E-state index contributed by atoms with van der Waals surface area (Å²) in [7, 11) is -2.41. The van der Waals surface area contributed by atoms with E-state index in [2.05, 4.69) is 0 Å². The number of rotatable bonds is 2. The summed E-state index contributed by atoms with van der Waals surface area (Å²) in [5, 5.41) is 0. The molecule has 0 saturated carbocycles. The maximum absolute atomic E-state index is 11.8. The lowest BCUT2D eigenvalue weighted by molar-refractivity contribution is -0.119. The minimum absolute atomic E-state index is 0.110. The summed E-state index contributed by atoms with van der Waals surface area (Å²) in [6, 6.07) is 4.79. The third kappa shape index (κ3) is 2.60. The van der Waals surface area contributed by atoms with Gasteiger partial charge >= 0.3 is 0 Å². The maximum Gasteiger partial charge on any atom is 0.261 e. The van der Waals surface area contributed by atoms with Crippen LogP contribution in [0.15, 0.2) is 29.2 Å². The second-order valence-electron chi connectivity index (χ2n) is 4.21. The summed E-state index contributed by atoms with van der Waals surface area (Å²) in [6.45, 7) is 1.53. The van der Waals surface area contributed by atoms with Gasteiger partial charge in [0, 0.05) is 10.7 Å². The lowest BCUT2D eigenvalue weighted by Gasteiger charge is -2.15. The molecule has 1 atom stereocenters. The Morgan fingerprint density at radius 3 is 2.16 bits per heavy atom. The summed E-state index contributed by atoms with van der Waals surface area (Å²) >= 11 is 0. The molecule has 6 nitrogen and oxygen atoms in total. The van der Waals surface area contributed by atoms with Gasteiger partial charge in [-0.25, -0.2) is 21.1 Å². The van der Waals surface area contributed by atoms with Gasteiger partial charge in [-0.1, -0.05) is 6.92 Å². The Hall–Kier alpha value is -1.12. The molecule has 19 heavy (non-hydrogen) atoms. The van der Waals surface area contributed by atoms with Crippen LogP contribution in [-0.4, -0.2) is 28.5 Å². The molecule has 0 N–H and O–H groups in total. The Morgan fingerprint density at radius 2 is 1.79 bits per heavy atom. The van der Waals surface area contributed by atoms with Crippen LogP contribution in [0.3, 0.4) is 0 Å². The van der Waals surface area contributed by atoms with E-state index in [1.165, 1.54) is 19.1 Å². The Balaban J connectivity index is 2.46. The molecule has 1 aromatic rings. The van der Waals surface area contributed by atoms with Crippen molar-refractivity contribution < 1.29 is 21.6 Å². The molecule has 1 saturated heterocycles. The molecule has 2 rings (SSSR count). The zero-order valence-corrected chi connectivity index (χ0v) is 12.2. The minimum atomic E-state index is -3.88. The average molecular weight is 324 g/mol. The number of anilines is 1. The highest BCUT2D eigenvalue weighted by Crippen LogP contribution is 2.29. The Morgan fingerprint density at radius 1 is 1.26 bits per heavy atom. The second-order valence-corrected chi connectivity index (χ2v) is 8.64. The Kier molecular flexibility index (Phi) is 3.36. The highest BCUT2D eigenvalue weighted by molar-refractivity contribution is 8.13. The van der Waals surface area contributed by atoms with Gasteiger partial charge in [-0.05, 0) is 24.3 Å². The SMILES string of the molecule is CC1CS(=O)(=O)N(c2ccc(S(=O)(=O)Cl)cc2)C1=O. The monoisotopic (exact) mass is 323 g/mol. The van der Waals surface area contributed by atoms with E-state index in [9.17, 15) is 21.6 Å². The number of amides is 1. The molecule has 0 spiro atoms. The molecule has 0 bridgehead atoms. The highest BCUT2D eigenvalue weighted by atomic mass is 35.7. The number of hydrogen-bond donors (Lipinski definition) is 0. The van der Waals surface area contributed by atoms with Crippen molar-refractivity contribution >= 4 is 41.4 Å². The van der Waals surface area contributed by atoms with Gasteiger partial charge in [0.2, 0.25) is 15.9 Å². The molecular weight excluding hydrogens is 314 g/mol. The average Bonchev–Trinajstić information content (AvgIpc) is 2.47. The lowest BCUT2D eigenvalue weighted by atomic mass is 10.2. The highest BCUT2D eigenvalue weighted by Gasteiger charge is 2.41. The number of carbonyl (C=O) groups excluding carboxylic acids is 1. The Labute approximate surface area is 115 Å². The van der Waals surface area contributed by atoms with Gasteiger partial charge < -0.3 is 0 Å². The Bertz CT molecular complexity index is 724. The van der Waals surface area contributed by atoms with Gasteiger partial charge in [-0.15, -0.1) is 0 Å². The summed E-state index contributed by atoms with van der Waals surface area (Å²) < 4.78 is 46.5. The number of sulfonamides is 1. The van der Waals surface area contributed by atoms with E-state index < -0.39 is 30.9 Å². The molecule has 1 heterocycles. The van der Waals surface area contributed by atoms with Crippen LogP contribution in [0, 0.1) is 5.92 Å².